The lowest BCUT2D eigenvalue weighted by atomic mass is 10.0. The number of carbonyl (C=O) groups is 1. The molecule has 1 fully saturated rings. The molecule has 0 amide bonds. The Kier molecular flexibility index (Phi) is 3.04. The normalized spacial score (nSPS) is 16.3. The average Bonchev–Trinajstić information content (AvgIpc) is 3.02. The maximum atomic E-state index is 11.1. The Bertz CT molecular complexity index is 557. The molecule has 19 heavy (non-hydrogen) atoms. The van der Waals surface area contributed by atoms with Crippen molar-refractivity contribution < 1.29 is 18.5 Å². The summed E-state index contributed by atoms with van der Waals surface area (Å²) in [6.45, 7) is 1.73. The van der Waals surface area contributed by atoms with Crippen molar-refractivity contribution in [1.29, 1.82) is 0 Å². The van der Waals surface area contributed by atoms with Gasteiger partial charge in [-0.1, -0.05) is 5.16 Å². The van der Waals surface area contributed by atoms with Crippen molar-refractivity contribution in [1.82, 2.24) is 15.0 Å². The number of aromatic nitrogens is 2. The molecule has 2 aromatic heterocycles. The standard InChI is InChI=1S/C12H13N3O4/c1-17-10(16)7-15-5-8(6-15)12-13-11(14-19-12)9-3-2-4-18-9/h2-4,8H,5-7H2,1H3. The number of hydrogen-bond donors (Lipinski definition) is 0. The molecule has 0 N–H and O–H groups in total. The lowest BCUT2D eigenvalue weighted by Gasteiger charge is -2.35. The van der Waals surface area contributed by atoms with Crippen LogP contribution >= 0.6 is 0 Å². The average molecular weight is 263 g/mol. The van der Waals surface area contributed by atoms with E-state index in [2.05, 4.69) is 14.9 Å². The van der Waals surface area contributed by atoms with Crippen LogP contribution in [0.1, 0.15) is 11.8 Å². The highest BCUT2D eigenvalue weighted by Crippen LogP contribution is 2.27. The van der Waals surface area contributed by atoms with Crippen molar-refractivity contribution in [3.05, 3.63) is 24.3 Å². The van der Waals surface area contributed by atoms with E-state index in [9.17, 15) is 4.79 Å². The molecule has 7 nitrogen and oxygen atoms in total. The van der Waals surface area contributed by atoms with E-state index in [4.69, 9.17) is 8.94 Å². The molecule has 1 aliphatic rings. The molecule has 0 unspecified atom stereocenters. The molecule has 1 aliphatic heterocycles. The molecule has 0 bridgehead atoms. The predicted molar refractivity (Wildman–Crippen MR) is 63.2 cm³/mol. The number of nitrogens with zero attached hydrogens (tertiary/aromatic N) is 3. The molecule has 0 aromatic carbocycles. The Hall–Kier alpha value is -2.15. The van der Waals surface area contributed by atoms with Crippen LogP contribution in [0.2, 0.25) is 0 Å². The van der Waals surface area contributed by atoms with E-state index < -0.39 is 0 Å². The number of likely N-dealkylation sites (tertiary alicyclic amines) is 1. The first-order valence-corrected chi connectivity index (χ1v) is 5.93. The van der Waals surface area contributed by atoms with Gasteiger partial charge in [0.05, 0.1) is 25.8 Å². The molecule has 3 rings (SSSR count). The van der Waals surface area contributed by atoms with E-state index in [1.165, 1.54) is 7.11 Å². The second-order valence-electron chi connectivity index (χ2n) is 4.40. The number of methoxy groups -OCH3 is 1. The maximum absolute atomic E-state index is 11.1. The second kappa shape index (κ2) is 4.85. The van der Waals surface area contributed by atoms with Gasteiger partial charge in [0, 0.05) is 13.1 Å². The second-order valence-corrected chi connectivity index (χ2v) is 4.40. The monoisotopic (exact) mass is 263 g/mol. The van der Waals surface area contributed by atoms with Crippen molar-refractivity contribution in [2.45, 2.75) is 5.92 Å². The van der Waals surface area contributed by atoms with Gasteiger partial charge in [-0.25, -0.2) is 0 Å². The fourth-order valence-corrected chi connectivity index (χ4v) is 2.01. The zero-order valence-electron chi connectivity index (χ0n) is 10.4. The minimum Gasteiger partial charge on any atom is -0.468 e. The van der Waals surface area contributed by atoms with Crippen LogP contribution in [-0.2, 0) is 9.53 Å². The van der Waals surface area contributed by atoms with Crippen LogP contribution in [0.25, 0.3) is 11.6 Å². The first-order valence-electron chi connectivity index (χ1n) is 5.93. The van der Waals surface area contributed by atoms with Gasteiger partial charge < -0.3 is 13.7 Å². The van der Waals surface area contributed by atoms with E-state index in [1.807, 2.05) is 4.90 Å². The van der Waals surface area contributed by atoms with Gasteiger partial charge in [-0.3, -0.25) is 9.69 Å². The van der Waals surface area contributed by atoms with Crippen LogP contribution in [0.5, 0.6) is 0 Å². The fourth-order valence-electron chi connectivity index (χ4n) is 2.01. The number of ether oxygens (including phenoxy) is 1. The Labute approximate surface area is 109 Å². The Morgan fingerprint density at radius 1 is 1.58 bits per heavy atom. The molecule has 0 spiro atoms. The van der Waals surface area contributed by atoms with E-state index in [0.29, 0.717) is 24.0 Å². The zero-order valence-corrected chi connectivity index (χ0v) is 10.4. The SMILES string of the molecule is COC(=O)CN1CC(c2nc(-c3ccco3)no2)C1. The van der Waals surface area contributed by atoms with Crippen molar-refractivity contribution >= 4 is 5.97 Å². The molecule has 100 valence electrons. The highest BCUT2D eigenvalue weighted by Gasteiger charge is 2.33. The van der Waals surface area contributed by atoms with Crippen molar-refractivity contribution in [3.63, 3.8) is 0 Å². The summed E-state index contributed by atoms with van der Waals surface area (Å²) in [4.78, 5) is 17.3. The first kappa shape index (κ1) is 11.9. The van der Waals surface area contributed by atoms with Crippen molar-refractivity contribution in [2.24, 2.45) is 0 Å². The number of esters is 1. The Morgan fingerprint density at radius 2 is 2.42 bits per heavy atom. The van der Waals surface area contributed by atoms with Gasteiger partial charge in [0.2, 0.25) is 11.7 Å². The summed E-state index contributed by atoms with van der Waals surface area (Å²) in [7, 11) is 1.38. The molecular weight excluding hydrogens is 250 g/mol. The third-order valence-electron chi connectivity index (χ3n) is 3.07. The van der Waals surface area contributed by atoms with Crippen LogP contribution in [-0.4, -0.2) is 47.8 Å². The highest BCUT2D eigenvalue weighted by atomic mass is 16.5. The summed E-state index contributed by atoms with van der Waals surface area (Å²) in [5.41, 5.74) is 0. The topological polar surface area (TPSA) is 81.6 Å². The predicted octanol–water partition coefficient (Wildman–Crippen LogP) is 0.902. The minimum absolute atomic E-state index is 0.167. The summed E-state index contributed by atoms with van der Waals surface area (Å²) in [5, 5.41) is 3.87. The quantitative estimate of drug-likeness (QED) is 0.758. The van der Waals surface area contributed by atoms with Crippen molar-refractivity contribution in [2.75, 3.05) is 26.7 Å². The van der Waals surface area contributed by atoms with Crippen LogP contribution in [0.3, 0.4) is 0 Å². The van der Waals surface area contributed by atoms with Crippen LogP contribution in [0.15, 0.2) is 27.3 Å². The number of hydrogen-bond acceptors (Lipinski definition) is 7. The lowest BCUT2D eigenvalue weighted by Crippen LogP contribution is -2.47. The summed E-state index contributed by atoms with van der Waals surface area (Å²) < 4.78 is 15.0. The minimum atomic E-state index is -0.236. The van der Waals surface area contributed by atoms with Gasteiger partial charge >= 0.3 is 5.97 Å². The van der Waals surface area contributed by atoms with E-state index in [-0.39, 0.29) is 11.9 Å². The van der Waals surface area contributed by atoms with Crippen LogP contribution in [0, 0.1) is 0 Å². The smallest absolute Gasteiger partial charge is 0.319 e. The number of furan rings is 1. The lowest BCUT2D eigenvalue weighted by molar-refractivity contribution is -0.143. The van der Waals surface area contributed by atoms with Crippen molar-refractivity contribution in [3.8, 4) is 11.6 Å². The molecule has 0 atom stereocenters. The first-order chi connectivity index (χ1) is 9.26. The third kappa shape index (κ3) is 2.37. The van der Waals surface area contributed by atoms with Gasteiger partial charge in [-0.2, -0.15) is 4.98 Å². The van der Waals surface area contributed by atoms with Crippen LogP contribution < -0.4 is 0 Å². The van der Waals surface area contributed by atoms with Gasteiger partial charge in [-0.05, 0) is 12.1 Å². The molecular formula is C12H13N3O4. The molecule has 1 saturated heterocycles. The molecule has 3 heterocycles. The fraction of sp³-hybridized carbons (Fsp3) is 0.417. The molecule has 0 aliphatic carbocycles. The van der Waals surface area contributed by atoms with Gasteiger partial charge in [0.15, 0.2) is 5.76 Å². The summed E-state index contributed by atoms with van der Waals surface area (Å²) >= 11 is 0. The molecule has 0 radical (unpaired) electrons. The van der Waals surface area contributed by atoms with E-state index >= 15 is 0 Å². The van der Waals surface area contributed by atoms with E-state index in [1.54, 1.807) is 18.4 Å². The highest BCUT2D eigenvalue weighted by molar-refractivity contribution is 5.71. The van der Waals surface area contributed by atoms with E-state index in [0.717, 1.165) is 13.1 Å². The number of carbonyl (C=O) groups excluding carboxylic acids is 1. The van der Waals surface area contributed by atoms with Gasteiger partial charge in [0.1, 0.15) is 0 Å². The van der Waals surface area contributed by atoms with Gasteiger partial charge in [0.25, 0.3) is 0 Å². The number of rotatable bonds is 4. The Balaban J connectivity index is 1.59. The Morgan fingerprint density at radius 3 is 3.11 bits per heavy atom. The largest absolute Gasteiger partial charge is 0.468 e. The summed E-state index contributed by atoms with van der Waals surface area (Å²) in [6, 6.07) is 3.55. The maximum Gasteiger partial charge on any atom is 0.319 e. The van der Waals surface area contributed by atoms with Gasteiger partial charge in [-0.15, -0.1) is 0 Å². The molecule has 2 aromatic rings. The summed E-state index contributed by atoms with van der Waals surface area (Å²) in [5.74, 6) is 1.54. The third-order valence-corrected chi connectivity index (χ3v) is 3.07. The van der Waals surface area contributed by atoms with Crippen LogP contribution in [0.4, 0.5) is 0 Å². The molecule has 7 heteroatoms. The summed E-state index contributed by atoms with van der Waals surface area (Å²) in [6.07, 6.45) is 1.56. The zero-order chi connectivity index (χ0) is 13.2. The molecule has 0 saturated carbocycles.